The molecule has 0 bridgehead atoms. The summed E-state index contributed by atoms with van der Waals surface area (Å²) in [5, 5.41) is 7.43. The normalized spacial score (nSPS) is 20.4. The van der Waals surface area contributed by atoms with Crippen LogP contribution in [-0.4, -0.2) is 22.9 Å². The van der Waals surface area contributed by atoms with Crippen molar-refractivity contribution in [1.82, 2.24) is 15.1 Å². The van der Waals surface area contributed by atoms with E-state index >= 15 is 0 Å². The van der Waals surface area contributed by atoms with Gasteiger partial charge in [-0.1, -0.05) is 0 Å². The van der Waals surface area contributed by atoms with Gasteiger partial charge >= 0.3 is 0 Å². The summed E-state index contributed by atoms with van der Waals surface area (Å²) >= 11 is 0. The topological polar surface area (TPSA) is 29.9 Å². The lowest BCUT2D eigenvalue weighted by Gasteiger charge is -2.22. The van der Waals surface area contributed by atoms with Crippen molar-refractivity contribution >= 4 is 0 Å². The third-order valence-electron chi connectivity index (χ3n) is 2.16. The lowest BCUT2D eigenvalue weighted by atomic mass is 10.1. The number of hydrogen-bond donors (Lipinski definition) is 1. The smallest absolute Gasteiger partial charge is 0.113 e. The maximum Gasteiger partial charge on any atom is 0.113 e. The van der Waals surface area contributed by atoms with Crippen molar-refractivity contribution in [2.24, 2.45) is 0 Å². The predicted molar refractivity (Wildman–Crippen MR) is 42.2 cm³/mol. The van der Waals surface area contributed by atoms with E-state index in [2.05, 4.69) is 16.6 Å². The molecule has 0 saturated carbocycles. The van der Waals surface area contributed by atoms with Gasteiger partial charge < -0.3 is 5.32 Å². The third kappa shape index (κ3) is 1.43. The highest BCUT2D eigenvalue weighted by Gasteiger charge is 2.13. The van der Waals surface area contributed by atoms with E-state index in [1.807, 2.05) is 16.9 Å². The zero-order chi connectivity index (χ0) is 7.52. The number of nitrogens with one attached hydrogen (secondary N) is 1. The van der Waals surface area contributed by atoms with Gasteiger partial charge in [0.1, 0.15) is 6.20 Å². The number of hydrogen-bond acceptors (Lipinski definition) is 2. The first-order valence-corrected chi connectivity index (χ1v) is 4.09. The molecule has 1 aliphatic heterocycles. The summed E-state index contributed by atoms with van der Waals surface area (Å²) < 4.78 is 2.01. The second kappa shape index (κ2) is 3.05. The molecule has 1 aromatic heterocycles. The first-order valence-electron chi connectivity index (χ1n) is 4.09. The summed E-state index contributed by atoms with van der Waals surface area (Å²) in [5.41, 5.74) is 0. The average molecular weight is 150 g/mol. The molecule has 1 N–H and O–H groups in total. The fraction of sp³-hybridized carbons (Fsp3) is 0.625. The SMILES string of the molecule is [c]1ccn(C2CCNCC2)n1. The van der Waals surface area contributed by atoms with Gasteiger partial charge in [-0.25, -0.2) is 0 Å². The van der Waals surface area contributed by atoms with Gasteiger partial charge in [-0.2, -0.15) is 5.10 Å². The minimum atomic E-state index is 0.600. The second-order valence-corrected chi connectivity index (χ2v) is 2.91. The van der Waals surface area contributed by atoms with Crippen molar-refractivity contribution in [2.45, 2.75) is 18.9 Å². The highest BCUT2D eigenvalue weighted by atomic mass is 15.3. The van der Waals surface area contributed by atoms with Crippen molar-refractivity contribution in [3.8, 4) is 0 Å². The molecule has 0 atom stereocenters. The molecule has 59 valence electrons. The fourth-order valence-electron chi connectivity index (χ4n) is 1.52. The molecule has 1 aromatic rings. The molecular weight excluding hydrogens is 138 g/mol. The molecule has 3 heteroatoms. The van der Waals surface area contributed by atoms with Gasteiger partial charge in [-0.3, -0.25) is 4.68 Å². The number of piperidine rings is 1. The van der Waals surface area contributed by atoms with Crippen LogP contribution in [0, 0.1) is 6.20 Å². The van der Waals surface area contributed by atoms with Gasteiger partial charge in [0, 0.05) is 6.20 Å². The monoisotopic (exact) mass is 150 g/mol. The van der Waals surface area contributed by atoms with Crippen LogP contribution in [0.2, 0.25) is 0 Å². The first kappa shape index (κ1) is 6.85. The lowest BCUT2D eigenvalue weighted by Crippen LogP contribution is -2.29. The third-order valence-corrected chi connectivity index (χ3v) is 2.16. The molecule has 1 saturated heterocycles. The molecule has 3 nitrogen and oxygen atoms in total. The van der Waals surface area contributed by atoms with Gasteiger partial charge in [0.2, 0.25) is 0 Å². The van der Waals surface area contributed by atoms with E-state index in [0.29, 0.717) is 6.04 Å². The highest BCUT2D eigenvalue weighted by Crippen LogP contribution is 2.15. The Labute approximate surface area is 66.4 Å². The molecule has 2 heterocycles. The molecule has 1 radical (unpaired) electrons. The Bertz CT molecular complexity index is 199. The lowest BCUT2D eigenvalue weighted by molar-refractivity contribution is 0.343. The minimum Gasteiger partial charge on any atom is -0.317 e. The van der Waals surface area contributed by atoms with Crippen LogP contribution in [0.25, 0.3) is 0 Å². The summed E-state index contributed by atoms with van der Waals surface area (Å²) in [6.45, 7) is 2.23. The summed E-state index contributed by atoms with van der Waals surface area (Å²) in [5.74, 6) is 0. The Kier molecular flexibility index (Phi) is 1.90. The number of nitrogens with zero attached hydrogens (tertiary/aromatic N) is 2. The molecule has 0 aromatic carbocycles. The van der Waals surface area contributed by atoms with Crippen molar-refractivity contribution in [3.05, 3.63) is 18.5 Å². The van der Waals surface area contributed by atoms with E-state index in [4.69, 9.17) is 0 Å². The molecule has 2 rings (SSSR count). The molecular formula is C8H12N3. The van der Waals surface area contributed by atoms with E-state index in [9.17, 15) is 0 Å². The second-order valence-electron chi connectivity index (χ2n) is 2.91. The van der Waals surface area contributed by atoms with Crippen molar-refractivity contribution in [1.29, 1.82) is 0 Å². The van der Waals surface area contributed by atoms with Gasteiger partial charge in [0.15, 0.2) is 0 Å². The average Bonchev–Trinajstić information content (AvgIpc) is 2.58. The van der Waals surface area contributed by atoms with Crippen LogP contribution in [0.5, 0.6) is 0 Å². The van der Waals surface area contributed by atoms with Crippen LogP contribution >= 0.6 is 0 Å². The number of aromatic nitrogens is 2. The Morgan fingerprint density at radius 3 is 2.91 bits per heavy atom. The van der Waals surface area contributed by atoms with E-state index < -0.39 is 0 Å². The molecule has 1 aliphatic rings. The van der Waals surface area contributed by atoms with E-state index in [1.54, 1.807) is 0 Å². The van der Waals surface area contributed by atoms with Gasteiger partial charge in [0.25, 0.3) is 0 Å². The summed E-state index contributed by atoms with van der Waals surface area (Å²) in [6, 6.07) is 2.46. The quantitative estimate of drug-likeness (QED) is 0.635. The maximum absolute atomic E-state index is 4.10. The summed E-state index contributed by atoms with van der Waals surface area (Å²) in [6.07, 6.45) is 7.20. The van der Waals surface area contributed by atoms with Gasteiger partial charge in [-0.15, -0.1) is 0 Å². The zero-order valence-corrected chi connectivity index (χ0v) is 6.45. The molecule has 11 heavy (non-hydrogen) atoms. The van der Waals surface area contributed by atoms with Crippen LogP contribution < -0.4 is 5.32 Å². The fourth-order valence-corrected chi connectivity index (χ4v) is 1.52. The molecule has 0 spiro atoms. The maximum atomic E-state index is 4.10. The highest BCUT2D eigenvalue weighted by molar-refractivity contribution is 4.82. The minimum absolute atomic E-state index is 0.600. The predicted octanol–water partition coefficient (Wildman–Crippen LogP) is 0.608. The number of rotatable bonds is 1. The summed E-state index contributed by atoms with van der Waals surface area (Å²) in [4.78, 5) is 0. The van der Waals surface area contributed by atoms with Crippen LogP contribution in [0.15, 0.2) is 12.3 Å². The molecule has 1 fully saturated rings. The van der Waals surface area contributed by atoms with Crippen LogP contribution in [-0.2, 0) is 0 Å². The summed E-state index contributed by atoms with van der Waals surface area (Å²) in [7, 11) is 0. The Balaban J connectivity index is 2.04. The Morgan fingerprint density at radius 1 is 1.45 bits per heavy atom. The van der Waals surface area contributed by atoms with Crippen molar-refractivity contribution in [3.63, 3.8) is 0 Å². The van der Waals surface area contributed by atoms with Crippen LogP contribution in [0.4, 0.5) is 0 Å². The van der Waals surface area contributed by atoms with Gasteiger partial charge in [-0.05, 0) is 32.0 Å². The Morgan fingerprint density at radius 2 is 2.27 bits per heavy atom. The van der Waals surface area contributed by atoms with Crippen molar-refractivity contribution < 1.29 is 0 Å². The largest absolute Gasteiger partial charge is 0.317 e. The zero-order valence-electron chi connectivity index (χ0n) is 6.45. The standard InChI is InChI=1S/C8H12N3/c1-4-10-11(7-1)8-2-5-9-6-3-8/h1,7-9H,2-3,5-6H2. The van der Waals surface area contributed by atoms with E-state index in [1.165, 1.54) is 12.8 Å². The van der Waals surface area contributed by atoms with Crippen LogP contribution in [0.3, 0.4) is 0 Å². The van der Waals surface area contributed by atoms with Crippen LogP contribution in [0.1, 0.15) is 18.9 Å². The van der Waals surface area contributed by atoms with Gasteiger partial charge in [0.05, 0.1) is 6.04 Å². The van der Waals surface area contributed by atoms with E-state index in [-0.39, 0.29) is 0 Å². The molecule has 0 amide bonds. The van der Waals surface area contributed by atoms with Crippen molar-refractivity contribution in [2.75, 3.05) is 13.1 Å². The first-order chi connectivity index (χ1) is 5.47. The molecule has 0 aliphatic carbocycles. The van der Waals surface area contributed by atoms with E-state index in [0.717, 1.165) is 13.1 Å². The molecule has 0 unspecified atom stereocenters. The Hall–Kier alpha value is -0.830.